The van der Waals surface area contributed by atoms with Crippen molar-refractivity contribution in [3.8, 4) is 0 Å². The van der Waals surface area contributed by atoms with Gasteiger partial charge in [-0.3, -0.25) is 0 Å². The van der Waals surface area contributed by atoms with Crippen LogP contribution in [-0.2, 0) is 0 Å². The molecule has 1 aliphatic heterocycles. The molecule has 0 saturated heterocycles. The van der Waals surface area contributed by atoms with E-state index in [1.165, 1.54) is 12.8 Å². The van der Waals surface area contributed by atoms with Crippen LogP contribution in [0, 0.1) is 11.7 Å². The maximum Gasteiger partial charge on any atom is 0.137 e. The van der Waals surface area contributed by atoms with Gasteiger partial charge in [-0.2, -0.15) is 0 Å². The third-order valence-corrected chi connectivity index (χ3v) is 4.85. The molecule has 1 N–H and O–H groups in total. The van der Waals surface area contributed by atoms with Crippen LogP contribution in [0.1, 0.15) is 51.6 Å². The van der Waals surface area contributed by atoms with Gasteiger partial charge in [0.15, 0.2) is 0 Å². The summed E-state index contributed by atoms with van der Waals surface area (Å²) in [6.45, 7) is 6.76. The van der Waals surface area contributed by atoms with Crippen LogP contribution in [0.4, 0.5) is 4.39 Å². The Kier molecular flexibility index (Phi) is 5.28. The maximum absolute atomic E-state index is 13.8. The molecule has 1 aromatic carbocycles. The second-order valence-corrected chi connectivity index (χ2v) is 6.99. The van der Waals surface area contributed by atoms with Gasteiger partial charge in [0.05, 0.1) is 0 Å². The Bertz CT molecular complexity index is 419. The molecular formula is C16H24FNS. The SMILES string of the molecule is CC(C)CCC(C)NC1CCSc2c(F)cccc21. The van der Waals surface area contributed by atoms with Crippen molar-refractivity contribution in [3.05, 3.63) is 29.6 Å². The van der Waals surface area contributed by atoms with Gasteiger partial charge < -0.3 is 5.32 Å². The first kappa shape index (κ1) is 14.9. The van der Waals surface area contributed by atoms with Gasteiger partial charge in [0.1, 0.15) is 5.82 Å². The summed E-state index contributed by atoms with van der Waals surface area (Å²) >= 11 is 1.65. The normalized spacial score (nSPS) is 20.4. The van der Waals surface area contributed by atoms with E-state index in [-0.39, 0.29) is 5.82 Å². The molecule has 1 heterocycles. The van der Waals surface area contributed by atoms with Crippen molar-refractivity contribution in [2.45, 2.75) is 57.0 Å². The molecule has 0 radical (unpaired) electrons. The van der Waals surface area contributed by atoms with Gasteiger partial charge >= 0.3 is 0 Å². The third kappa shape index (κ3) is 3.96. The number of thioether (sulfide) groups is 1. The molecule has 2 rings (SSSR count). The second kappa shape index (κ2) is 6.76. The number of fused-ring (bicyclic) bond motifs is 1. The number of halogens is 1. The lowest BCUT2D eigenvalue weighted by Crippen LogP contribution is -2.32. The zero-order valence-corrected chi connectivity index (χ0v) is 12.9. The highest BCUT2D eigenvalue weighted by molar-refractivity contribution is 7.99. The average molecular weight is 281 g/mol. The quantitative estimate of drug-likeness (QED) is 0.834. The molecule has 1 nitrogen and oxygen atoms in total. The summed E-state index contributed by atoms with van der Waals surface area (Å²) in [5.41, 5.74) is 1.15. The monoisotopic (exact) mass is 281 g/mol. The predicted octanol–water partition coefficient (Wildman–Crippen LogP) is 4.78. The van der Waals surface area contributed by atoms with Gasteiger partial charge in [0, 0.05) is 17.0 Å². The Balaban J connectivity index is 2.01. The summed E-state index contributed by atoms with van der Waals surface area (Å²) in [6.07, 6.45) is 3.52. The fraction of sp³-hybridized carbons (Fsp3) is 0.625. The number of hydrogen-bond donors (Lipinski definition) is 1. The Morgan fingerprint density at radius 2 is 2.11 bits per heavy atom. The van der Waals surface area contributed by atoms with Crippen LogP contribution >= 0.6 is 11.8 Å². The van der Waals surface area contributed by atoms with Crippen molar-refractivity contribution in [1.29, 1.82) is 0 Å². The summed E-state index contributed by atoms with van der Waals surface area (Å²) in [5, 5.41) is 3.68. The average Bonchev–Trinajstić information content (AvgIpc) is 2.38. The lowest BCUT2D eigenvalue weighted by molar-refractivity contribution is 0.392. The van der Waals surface area contributed by atoms with Crippen LogP contribution in [0.5, 0.6) is 0 Å². The van der Waals surface area contributed by atoms with Gasteiger partial charge in [0.25, 0.3) is 0 Å². The highest BCUT2D eigenvalue weighted by Crippen LogP contribution is 2.38. The number of nitrogens with one attached hydrogen (secondary N) is 1. The highest BCUT2D eigenvalue weighted by Gasteiger charge is 2.23. The van der Waals surface area contributed by atoms with E-state index in [1.54, 1.807) is 17.8 Å². The standard InChI is InChI=1S/C16H24FNS/c1-11(2)7-8-12(3)18-15-9-10-19-16-13(15)5-4-6-14(16)17/h4-6,11-12,15,18H,7-10H2,1-3H3. The molecular weight excluding hydrogens is 257 g/mol. The minimum absolute atomic E-state index is 0.0659. The van der Waals surface area contributed by atoms with Crippen molar-refractivity contribution in [3.63, 3.8) is 0 Å². The van der Waals surface area contributed by atoms with Crippen LogP contribution in [0.15, 0.2) is 23.1 Å². The molecule has 0 saturated carbocycles. The summed E-state index contributed by atoms with van der Waals surface area (Å²) in [7, 11) is 0. The van der Waals surface area contributed by atoms with E-state index < -0.39 is 0 Å². The van der Waals surface area contributed by atoms with Gasteiger partial charge in [0.2, 0.25) is 0 Å². The fourth-order valence-electron chi connectivity index (χ4n) is 2.57. The first-order valence-corrected chi connectivity index (χ1v) is 8.23. The van der Waals surface area contributed by atoms with Gasteiger partial charge in [-0.05, 0) is 49.5 Å². The molecule has 0 amide bonds. The summed E-state index contributed by atoms with van der Waals surface area (Å²) in [5.74, 6) is 1.68. The number of hydrogen-bond acceptors (Lipinski definition) is 2. The molecule has 1 aliphatic rings. The molecule has 2 atom stereocenters. The van der Waals surface area contributed by atoms with Crippen molar-refractivity contribution >= 4 is 11.8 Å². The Hall–Kier alpha value is -0.540. The van der Waals surface area contributed by atoms with Crippen LogP contribution in [-0.4, -0.2) is 11.8 Å². The molecule has 106 valence electrons. The molecule has 0 fully saturated rings. The zero-order valence-electron chi connectivity index (χ0n) is 12.1. The molecule has 3 heteroatoms. The van der Waals surface area contributed by atoms with Crippen LogP contribution in [0.3, 0.4) is 0 Å². The second-order valence-electron chi connectivity index (χ2n) is 5.89. The van der Waals surface area contributed by atoms with E-state index >= 15 is 0 Å². The highest BCUT2D eigenvalue weighted by atomic mass is 32.2. The topological polar surface area (TPSA) is 12.0 Å². The van der Waals surface area contributed by atoms with E-state index in [0.29, 0.717) is 12.1 Å². The molecule has 2 unspecified atom stereocenters. The van der Waals surface area contributed by atoms with E-state index in [2.05, 4.69) is 32.2 Å². The minimum atomic E-state index is -0.0659. The first-order valence-electron chi connectivity index (χ1n) is 7.25. The largest absolute Gasteiger partial charge is 0.307 e. The molecule has 19 heavy (non-hydrogen) atoms. The van der Waals surface area contributed by atoms with Gasteiger partial charge in [-0.25, -0.2) is 4.39 Å². The smallest absolute Gasteiger partial charge is 0.137 e. The lowest BCUT2D eigenvalue weighted by atomic mass is 10.00. The van der Waals surface area contributed by atoms with E-state index in [9.17, 15) is 4.39 Å². The molecule has 0 bridgehead atoms. The van der Waals surface area contributed by atoms with Crippen molar-refractivity contribution in [2.24, 2.45) is 5.92 Å². The van der Waals surface area contributed by atoms with Gasteiger partial charge in [-0.1, -0.05) is 26.0 Å². The van der Waals surface area contributed by atoms with E-state index in [1.807, 2.05) is 6.07 Å². The summed E-state index contributed by atoms with van der Waals surface area (Å²) < 4.78 is 13.8. The Labute approximate surface area is 120 Å². The molecule has 1 aromatic rings. The summed E-state index contributed by atoms with van der Waals surface area (Å²) in [6, 6.07) is 6.27. The molecule has 0 spiro atoms. The molecule has 0 aliphatic carbocycles. The number of rotatable bonds is 5. The lowest BCUT2D eigenvalue weighted by Gasteiger charge is -2.29. The Morgan fingerprint density at radius 1 is 1.32 bits per heavy atom. The van der Waals surface area contributed by atoms with Crippen molar-refractivity contribution < 1.29 is 4.39 Å². The fourth-order valence-corrected chi connectivity index (χ4v) is 3.71. The first-order chi connectivity index (χ1) is 9.08. The van der Waals surface area contributed by atoms with Gasteiger partial charge in [-0.15, -0.1) is 11.8 Å². The third-order valence-electron chi connectivity index (χ3n) is 3.69. The maximum atomic E-state index is 13.8. The number of benzene rings is 1. The van der Waals surface area contributed by atoms with E-state index in [0.717, 1.165) is 28.6 Å². The van der Waals surface area contributed by atoms with E-state index in [4.69, 9.17) is 0 Å². The molecule has 0 aromatic heterocycles. The van der Waals surface area contributed by atoms with Crippen LogP contribution in [0.25, 0.3) is 0 Å². The summed E-state index contributed by atoms with van der Waals surface area (Å²) in [4.78, 5) is 0.849. The van der Waals surface area contributed by atoms with Crippen LogP contribution in [0.2, 0.25) is 0 Å². The Morgan fingerprint density at radius 3 is 2.84 bits per heavy atom. The predicted molar refractivity (Wildman–Crippen MR) is 81.2 cm³/mol. The zero-order chi connectivity index (χ0) is 13.8. The minimum Gasteiger partial charge on any atom is -0.307 e. The van der Waals surface area contributed by atoms with Crippen molar-refractivity contribution in [2.75, 3.05) is 5.75 Å². The van der Waals surface area contributed by atoms with Crippen LogP contribution < -0.4 is 5.32 Å². The van der Waals surface area contributed by atoms with Crippen molar-refractivity contribution in [1.82, 2.24) is 5.32 Å².